The molecule has 0 spiro atoms. The van der Waals surface area contributed by atoms with E-state index < -0.39 is 122 Å². The lowest BCUT2D eigenvalue weighted by Crippen LogP contribution is -2.56. The van der Waals surface area contributed by atoms with Gasteiger partial charge in [0.15, 0.2) is 10.5 Å². The first kappa shape index (κ1) is 66.3. The van der Waals surface area contributed by atoms with Crippen LogP contribution in [0.4, 0.5) is 10.5 Å². The highest BCUT2D eigenvalue weighted by molar-refractivity contribution is 7.80. The number of phenolic OH excluding ortho intramolecular Hbond substituents is 1. The van der Waals surface area contributed by atoms with Crippen LogP contribution < -0.4 is 53.3 Å². The third kappa shape index (κ3) is 19.7. The van der Waals surface area contributed by atoms with Gasteiger partial charge in [0.2, 0.25) is 29.5 Å². The number of fused-ring (bicyclic) bond motifs is 2. The van der Waals surface area contributed by atoms with Gasteiger partial charge >= 0.3 is 29.9 Å². The highest BCUT2D eigenvalue weighted by atomic mass is 32.1. The molecular weight excluding hydrogens is 1190 g/mol. The van der Waals surface area contributed by atoms with Crippen molar-refractivity contribution in [3.63, 3.8) is 0 Å². The molecule has 90 heavy (non-hydrogen) atoms. The van der Waals surface area contributed by atoms with E-state index >= 15 is 0 Å². The number of aliphatic carboxylic acids is 3. The van der Waals surface area contributed by atoms with E-state index in [0.29, 0.717) is 33.2 Å². The van der Waals surface area contributed by atoms with E-state index in [0.717, 1.165) is 0 Å². The number of hydrogen-bond acceptors (Lipinski definition) is 14. The van der Waals surface area contributed by atoms with Crippen LogP contribution in [0, 0.1) is 0 Å². The fourth-order valence-electron chi connectivity index (χ4n) is 9.49. The van der Waals surface area contributed by atoms with E-state index in [9.17, 15) is 73.2 Å². The van der Waals surface area contributed by atoms with Gasteiger partial charge in [0.05, 0.1) is 12.1 Å². The Balaban J connectivity index is 0.963. The summed E-state index contributed by atoms with van der Waals surface area (Å²) in [6, 6.07) is 31.0. The normalized spacial score (nSPS) is 12.5. The number of aromatic hydroxyl groups is 1. The minimum Gasteiger partial charge on any atom is -0.508 e. The number of carboxylic acids is 4. The molecule has 14 N–H and O–H groups in total. The molecule has 1 heterocycles. The number of aromatic carboxylic acids is 1. The molecule has 0 saturated heterocycles. The van der Waals surface area contributed by atoms with Gasteiger partial charge in [-0.05, 0) is 83.7 Å². The maximum absolute atomic E-state index is 14.5. The summed E-state index contributed by atoms with van der Waals surface area (Å²) in [6.45, 7) is -0.876. The average Bonchev–Trinajstić information content (AvgIpc) is 0.827. The Labute approximate surface area is 518 Å². The Morgan fingerprint density at radius 3 is 1.60 bits per heavy atom. The fourth-order valence-corrected chi connectivity index (χ4v) is 9.75. The molecule has 0 saturated carbocycles. The smallest absolute Gasteiger partial charge is 0.336 e. The standard InChI is InChI=1S/C63H63N9O17S/c73-39-17-20-42-50(32-39)89-51-33-40(74)18-21-43(51)55(42)41-19-16-38(31-44(41)59(82)83)67-63(90)72-49(30-37-14-8-3-9-15-37)58(81)69-48(29-36-12-6-2-7-13-36)57(80)66-34-53(76)64-26-27-65-56(79)47(28-35-10-4-1-5-11-35)68-52(75)24-22-45(60(84)85)70-62(88)71-46(61(86)87)23-25-54(77)78/h1-21,31-33,45-49,73H,22-30,34H2,(H,64,76)(H,65,79)(H,66,80)(H,68,75)(H,69,81)(H,77,78)(H,82,83)(H,84,85)(H,86,87)(H2,67,72,90)(H2,70,71,88)/t45?,46?,47-,48-,49-/m0/s1. The summed E-state index contributed by atoms with van der Waals surface area (Å²) in [5, 5.41) is 72.3. The zero-order valence-corrected chi connectivity index (χ0v) is 48.7. The van der Waals surface area contributed by atoms with Crippen LogP contribution in [0.3, 0.4) is 0 Å². The van der Waals surface area contributed by atoms with Crippen molar-refractivity contribution in [2.24, 2.45) is 0 Å². The van der Waals surface area contributed by atoms with E-state index in [1.54, 1.807) is 109 Å². The number of rotatable bonds is 30. The summed E-state index contributed by atoms with van der Waals surface area (Å²) >= 11 is 5.72. The second-order valence-corrected chi connectivity index (χ2v) is 20.9. The molecule has 26 nitrogen and oxygen atoms in total. The number of carbonyl (C=O) groups is 10. The summed E-state index contributed by atoms with van der Waals surface area (Å²) in [4.78, 5) is 141. The Hall–Kier alpha value is -11.2. The molecule has 468 valence electrons. The number of carbonyl (C=O) groups excluding carboxylic acids is 6. The number of thiocarbonyl (C=S) groups is 1. The SMILES string of the molecule is O=C(O)CCC(NC(=O)NC(CCC(=O)N[C@@H](Cc1ccccc1)C(=O)NCCNC(=O)CNC(=O)[C@H](Cc1ccccc1)NC(=O)[C@H](Cc1ccccc1)NC(=S)Nc1ccc(-c2c3ccc(=O)cc-3oc3cc(O)ccc23)c(C(=O)O)c1)C(=O)O)C(=O)O. The molecule has 0 fully saturated rings. The first-order valence-corrected chi connectivity index (χ1v) is 28.4. The van der Waals surface area contributed by atoms with Crippen molar-refractivity contribution in [3.05, 3.63) is 178 Å². The lowest BCUT2D eigenvalue weighted by Gasteiger charge is -2.25. The first-order chi connectivity index (χ1) is 43.1. The second kappa shape index (κ2) is 32.0. The van der Waals surface area contributed by atoms with Gasteiger partial charge < -0.3 is 77.8 Å². The van der Waals surface area contributed by atoms with Crippen LogP contribution in [-0.4, -0.2) is 140 Å². The third-order valence-corrected chi connectivity index (χ3v) is 14.1. The summed E-state index contributed by atoms with van der Waals surface area (Å²) in [5.74, 6) is -9.25. The molecule has 5 aromatic rings. The number of amides is 7. The molecule has 0 radical (unpaired) electrons. The molecule has 5 atom stereocenters. The van der Waals surface area contributed by atoms with Gasteiger partial charge in [-0.3, -0.25) is 33.6 Å². The number of nitrogens with one attached hydrogen (secondary N) is 9. The zero-order valence-electron chi connectivity index (χ0n) is 47.9. The van der Waals surface area contributed by atoms with E-state index in [-0.39, 0.29) is 76.8 Å². The third-order valence-electron chi connectivity index (χ3n) is 13.9. The summed E-state index contributed by atoms with van der Waals surface area (Å²) < 4.78 is 5.95. The monoisotopic (exact) mass is 1250 g/mol. The molecule has 7 rings (SSSR count). The minimum atomic E-state index is -1.70. The van der Waals surface area contributed by atoms with E-state index in [1.165, 1.54) is 36.4 Å². The number of anilines is 1. The van der Waals surface area contributed by atoms with Crippen molar-refractivity contribution in [1.29, 1.82) is 0 Å². The summed E-state index contributed by atoms with van der Waals surface area (Å²) in [5.41, 5.74) is 3.03. The van der Waals surface area contributed by atoms with Gasteiger partial charge in [0.1, 0.15) is 47.3 Å². The summed E-state index contributed by atoms with van der Waals surface area (Å²) in [7, 11) is 0. The van der Waals surface area contributed by atoms with Crippen LogP contribution in [0.25, 0.3) is 33.4 Å². The molecular formula is C63H63N9O17S. The van der Waals surface area contributed by atoms with Crippen LogP contribution in [0.1, 0.15) is 52.7 Å². The summed E-state index contributed by atoms with van der Waals surface area (Å²) in [6.07, 6.45) is -2.08. The molecule has 2 unspecified atom stereocenters. The van der Waals surface area contributed by atoms with Gasteiger partial charge in [-0.15, -0.1) is 0 Å². The van der Waals surface area contributed by atoms with Gasteiger partial charge in [-0.1, -0.05) is 97.1 Å². The maximum Gasteiger partial charge on any atom is 0.336 e. The number of urea groups is 1. The number of hydrogen-bond donors (Lipinski definition) is 14. The van der Waals surface area contributed by atoms with Crippen LogP contribution in [0.15, 0.2) is 155 Å². The predicted molar refractivity (Wildman–Crippen MR) is 330 cm³/mol. The second-order valence-electron chi connectivity index (χ2n) is 20.5. The minimum absolute atomic E-state index is 0.0160. The van der Waals surface area contributed by atoms with Gasteiger partial charge in [-0.25, -0.2) is 19.2 Å². The number of benzene rings is 6. The number of carboxylic acid groups (broad SMARTS) is 4. The largest absolute Gasteiger partial charge is 0.508 e. The molecule has 1 aliphatic heterocycles. The predicted octanol–water partition coefficient (Wildman–Crippen LogP) is 3.52. The number of phenols is 1. The molecule has 7 amide bonds. The molecule has 1 aliphatic carbocycles. The van der Waals surface area contributed by atoms with Gasteiger partial charge in [0.25, 0.3) is 0 Å². The topological polar surface area (TPSA) is 410 Å². The zero-order chi connectivity index (χ0) is 64.9. The average molecular weight is 1250 g/mol. The van der Waals surface area contributed by atoms with Gasteiger partial charge in [-0.2, -0.15) is 0 Å². The van der Waals surface area contributed by atoms with Crippen molar-refractivity contribution in [2.75, 3.05) is 25.0 Å². The van der Waals surface area contributed by atoms with Crippen molar-refractivity contribution < 1.29 is 77.9 Å². The van der Waals surface area contributed by atoms with E-state index in [4.69, 9.17) is 21.7 Å². The molecule has 5 aromatic carbocycles. The molecule has 2 aliphatic rings. The Morgan fingerprint density at radius 1 is 0.500 bits per heavy atom. The van der Waals surface area contributed by atoms with Crippen LogP contribution in [-0.2, 0) is 57.6 Å². The Kier molecular flexibility index (Phi) is 23.5. The fraction of sp³-hybridized carbons (Fsp3) is 0.238. The molecule has 0 aromatic heterocycles. The Bertz CT molecular complexity index is 3820. The maximum atomic E-state index is 14.5. The van der Waals surface area contributed by atoms with Crippen molar-refractivity contribution >= 4 is 93.4 Å². The van der Waals surface area contributed by atoms with Crippen molar-refractivity contribution in [1.82, 2.24) is 42.5 Å². The van der Waals surface area contributed by atoms with Gasteiger partial charge in [0, 0.05) is 79.5 Å². The lowest BCUT2D eigenvalue weighted by molar-refractivity contribution is -0.141. The first-order valence-electron chi connectivity index (χ1n) is 28.0. The quantitative estimate of drug-likeness (QED) is 0.0174. The van der Waals surface area contributed by atoms with Crippen LogP contribution in [0.2, 0.25) is 0 Å². The molecule has 0 bridgehead atoms. The highest BCUT2D eigenvalue weighted by Gasteiger charge is 2.30. The lowest BCUT2D eigenvalue weighted by atomic mass is 9.90. The van der Waals surface area contributed by atoms with Crippen LogP contribution >= 0.6 is 12.2 Å². The van der Waals surface area contributed by atoms with Crippen molar-refractivity contribution in [2.45, 2.75) is 75.2 Å². The molecule has 27 heteroatoms. The van der Waals surface area contributed by atoms with E-state index in [2.05, 4.69) is 42.5 Å². The Morgan fingerprint density at radius 2 is 1.03 bits per heavy atom. The van der Waals surface area contributed by atoms with E-state index in [1.807, 2.05) is 5.32 Å². The van der Waals surface area contributed by atoms with Crippen molar-refractivity contribution in [3.8, 4) is 28.2 Å². The van der Waals surface area contributed by atoms with Crippen LogP contribution in [0.5, 0.6) is 5.75 Å². The highest BCUT2D eigenvalue weighted by Crippen LogP contribution is 2.42.